The van der Waals surface area contributed by atoms with E-state index in [-0.39, 0.29) is 23.1 Å². The van der Waals surface area contributed by atoms with Crippen molar-refractivity contribution < 1.29 is 10.2 Å². The Hall–Kier alpha value is -0.620. The Bertz CT molecular complexity index is 568. The van der Waals surface area contributed by atoms with Gasteiger partial charge in [-0.25, -0.2) is 0 Å². The van der Waals surface area contributed by atoms with Gasteiger partial charge < -0.3 is 10.2 Å². The van der Waals surface area contributed by atoms with Gasteiger partial charge in [0.05, 0.1) is 12.3 Å². The quantitative estimate of drug-likeness (QED) is 0.813. The van der Waals surface area contributed by atoms with Crippen LogP contribution < -0.4 is 0 Å². The maximum Gasteiger partial charge on any atom is 0.121 e. The molecule has 114 valence electrons. The number of phenols is 1. The van der Waals surface area contributed by atoms with E-state index in [1.54, 1.807) is 6.07 Å². The largest absolute Gasteiger partial charge is 0.508 e. The molecule has 2 N–H and O–H groups in total. The van der Waals surface area contributed by atoms with E-state index >= 15 is 0 Å². The summed E-state index contributed by atoms with van der Waals surface area (Å²) in [5, 5.41) is 21.0. The molecule has 0 aromatic heterocycles. The van der Waals surface area contributed by atoms with Gasteiger partial charge in [0.15, 0.2) is 0 Å². The molecule has 0 atom stereocenters. The Morgan fingerprint density at radius 2 is 1.62 bits per heavy atom. The van der Waals surface area contributed by atoms with Crippen LogP contribution in [-0.4, -0.2) is 52.3 Å². The van der Waals surface area contributed by atoms with Gasteiger partial charge >= 0.3 is 0 Å². The zero-order valence-corrected chi connectivity index (χ0v) is 14.0. The van der Waals surface area contributed by atoms with Gasteiger partial charge in [0, 0.05) is 47.0 Å². The Balaban J connectivity index is 1.77. The highest BCUT2D eigenvalue weighted by Crippen LogP contribution is 2.55. The first-order chi connectivity index (χ1) is 9.82. The van der Waals surface area contributed by atoms with Crippen molar-refractivity contribution in [2.45, 2.75) is 26.1 Å². The Labute approximate surface area is 133 Å². The van der Waals surface area contributed by atoms with Gasteiger partial charge in [-0.15, -0.1) is 0 Å². The lowest BCUT2D eigenvalue weighted by atomic mass is 9.60. The van der Waals surface area contributed by atoms with Crippen LogP contribution in [0.2, 0.25) is 0 Å². The minimum atomic E-state index is -0.241. The van der Waals surface area contributed by atoms with E-state index in [1.807, 2.05) is 12.1 Å². The fourth-order valence-corrected chi connectivity index (χ4v) is 5.34. The molecule has 0 radical (unpaired) electrons. The first kappa shape index (κ1) is 14.0. The van der Waals surface area contributed by atoms with Crippen molar-refractivity contribution in [1.82, 2.24) is 9.80 Å². The Morgan fingerprint density at radius 1 is 1.10 bits per heavy atom. The van der Waals surface area contributed by atoms with Crippen molar-refractivity contribution in [1.29, 1.82) is 0 Å². The molecule has 5 rings (SSSR count). The molecule has 4 aliphatic heterocycles. The summed E-state index contributed by atoms with van der Waals surface area (Å²) in [6, 6.07) is 5.64. The highest BCUT2D eigenvalue weighted by atomic mass is 79.9. The number of halogens is 1. The van der Waals surface area contributed by atoms with E-state index in [9.17, 15) is 10.2 Å². The lowest BCUT2D eigenvalue weighted by molar-refractivity contribution is -0.254. The number of aliphatic hydroxyl groups excluding tert-OH is 1. The van der Waals surface area contributed by atoms with Crippen LogP contribution in [0.1, 0.15) is 25.6 Å². The van der Waals surface area contributed by atoms with Gasteiger partial charge in [-0.05, 0) is 18.2 Å². The third-order valence-corrected chi connectivity index (χ3v) is 6.03. The van der Waals surface area contributed by atoms with Crippen molar-refractivity contribution >= 4 is 15.9 Å². The molecule has 0 amide bonds. The van der Waals surface area contributed by atoms with Crippen molar-refractivity contribution in [2.24, 2.45) is 10.8 Å². The smallest absolute Gasteiger partial charge is 0.121 e. The maximum absolute atomic E-state index is 10.7. The van der Waals surface area contributed by atoms with Crippen LogP contribution in [0.15, 0.2) is 22.7 Å². The van der Waals surface area contributed by atoms with E-state index in [1.165, 1.54) is 0 Å². The lowest BCUT2D eigenvalue weighted by Gasteiger charge is -2.68. The molecule has 4 nitrogen and oxygen atoms in total. The van der Waals surface area contributed by atoms with Crippen molar-refractivity contribution in [3.63, 3.8) is 0 Å². The Kier molecular flexibility index (Phi) is 2.82. The molecule has 4 fully saturated rings. The predicted octanol–water partition coefficient (Wildman–Crippen LogP) is 2.17. The van der Waals surface area contributed by atoms with Crippen LogP contribution in [0, 0.1) is 10.8 Å². The molecule has 0 unspecified atom stereocenters. The first-order valence-corrected chi connectivity index (χ1v) is 8.26. The number of aromatic hydroxyl groups is 1. The van der Waals surface area contributed by atoms with E-state index in [0.717, 1.165) is 36.2 Å². The molecular weight excluding hydrogens is 332 g/mol. The second-order valence-corrected chi connectivity index (χ2v) is 8.51. The zero-order chi connectivity index (χ0) is 15.0. The second-order valence-electron chi connectivity index (χ2n) is 7.60. The molecule has 4 heterocycles. The van der Waals surface area contributed by atoms with Gasteiger partial charge in [0.25, 0.3) is 0 Å². The van der Waals surface area contributed by atoms with Gasteiger partial charge in [-0.1, -0.05) is 29.8 Å². The fraction of sp³-hybridized carbons (Fsp3) is 0.625. The molecule has 4 saturated heterocycles. The molecule has 0 spiro atoms. The Morgan fingerprint density at radius 3 is 2.14 bits per heavy atom. The van der Waals surface area contributed by atoms with Gasteiger partial charge in [-0.2, -0.15) is 0 Å². The number of hydrogen-bond acceptors (Lipinski definition) is 4. The minimum Gasteiger partial charge on any atom is -0.508 e. The van der Waals surface area contributed by atoms with E-state index < -0.39 is 0 Å². The molecule has 0 saturated carbocycles. The van der Waals surface area contributed by atoms with Crippen LogP contribution in [0.3, 0.4) is 0 Å². The van der Waals surface area contributed by atoms with Crippen molar-refractivity contribution in [3.05, 3.63) is 28.2 Å². The molecule has 0 aliphatic carbocycles. The van der Waals surface area contributed by atoms with Gasteiger partial charge in [0.2, 0.25) is 0 Å². The van der Waals surface area contributed by atoms with Crippen LogP contribution in [0.5, 0.6) is 5.75 Å². The van der Waals surface area contributed by atoms with E-state index in [0.29, 0.717) is 5.75 Å². The van der Waals surface area contributed by atoms with Gasteiger partial charge in [0.1, 0.15) is 5.75 Å². The molecular formula is C16H21BrN2O2. The standard InChI is InChI=1S/C16H21BrN2O2/c1-15-6-18-8-16(2,14(15)21)9-19(7-15)13(18)11-5-10(17)3-4-12(11)20/h3-5,13-14,20-21H,6-9H2,1-2H3. The van der Waals surface area contributed by atoms with Crippen LogP contribution in [0.25, 0.3) is 0 Å². The van der Waals surface area contributed by atoms with Crippen molar-refractivity contribution in [3.8, 4) is 5.75 Å². The summed E-state index contributed by atoms with van der Waals surface area (Å²) in [6.07, 6.45) is -0.120. The third-order valence-electron chi connectivity index (χ3n) is 5.54. The fourth-order valence-electron chi connectivity index (χ4n) is 4.96. The third kappa shape index (κ3) is 1.84. The zero-order valence-electron chi connectivity index (χ0n) is 12.4. The number of nitrogens with zero attached hydrogens (tertiary/aromatic N) is 2. The molecule has 1 aromatic carbocycles. The van der Waals surface area contributed by atoms with E-state index in [4.69, 9.17) is 0 Å². The molecule has 4 bridgehead atoms. The molecule has 21 heavy (non-hydrogen) atoms. The highest BCUT2D eigenvalue weighted by Gasteiger charge is 2.62. The molecule has 1 aromatic rings. The summed E-state index contributed by atoms with van der Waals surface area (Å²) in [6.45, 7) is 7.91. The predicted molar refractivity (Wildman–Crippen MR) is 83.9 cm³/mol. The minimum absolute atomic E-state index is 0.0661. The monoisotopic (exact) mass is 352 g/mol. The second kappa shape index (κ2) is 4.22. The number of benzene rings is 1. The summed E-state index contributed by atoms with van der Waals surface area (Å²) in [5.41, 5.74) is 0.831. The maximum atomic E-state index is 10.7. The summed E-state index contributed by atoms with van der Waals surface area (Å²) < 4.78 is 0.990. The van der Waals surface area contributed by atoms with E-state index in [2.05, 4.69) is 39.6 Å². The van der Waals surface area contributed by atoms with Crippen LogP contribution >= 0.6 is 15.9 Å². The highest BCUT2D eigenvalue weighted by molar-refractivity contribution is 9.10. The molecule has 5 heteroatoms. The number of phenolic OH excluding ortho intramolecular Hbond substituents is 1. The van der Waals surface area contributed by atoms with Crippen LogP contribution in [-0.2, 0) is 0 Å². The topological polar surface area (TPSA) is 46.9 Å². The average Bonchev–Trinajstić information content (AvgIpc) is 2.38. The number of aliphatic hydroxyl groups is 1. The summed E-state index contributed by atoms with van der Waals surface area (Å²) in [4.78, 5) is 4.84. The number of hydrogen-bond donors (Lipinski definition) is 2. The normalized spacial score (nSPS) is 47.8. The summed E-state index contributed by atoms with van der Waals surface area (Å²) in [5.74, 6) is 0.353. The summed E-state index contributed by atoms with van der Waals surface area (Å²) >= 11 is 3.51. The first-order valence-electron chi connectivity index (χ1n) is 7.47. The van der Waals surface area contributed by atoms with Crippen LogP contribution in [0.4, 0.5) is 0 Å². The summed E-state index contributed by atoms with van der Waals surface area (Å²) in [7, 11) is 0. The number of piperidine rings is 2. The SMILES string of the molecule is CC12CN3CC(C)(CN(C1)C3c1cc(Br)ccc1O)C2O. The number of rotatable bonds is 1. The molecule has 4 aliphatic rings. The average molecular weight is 353 g/mol. The lowest BCUT2D eigenvalue weighted by Crippen LogP contribution is -2.76. The van der Waals surface area contributed by atoms with Crippen molar-refractivity contribution in [2.75, 3.05) is 26.2 Å². The van der Waals surface area contributed by atoms with Gasteiger partial charge in [-0.3, -0.25) is 9.80 Å².